The Balaban J connectivity index is 3.36. The summed E-state index contributed by atoms with van der Waals surface area (Å²) >= 11 is 8.78. The van der Waals surface area contributed by atoms with E-state index < -0.39 is 0 Å². The van der Waals surface area contributed by atoms with Crippen LogP contribution in [0.15, 0.2) is 24.3 Å². The number of thiol groups is 2. The van der Waals surface area contributed by atoms with Crippen molar-refractivity contribution in [3.05, 3.63) is 24.3 Å². The summed E-state index contributed by atoms with van der Waals surface area (Å²) in [7, 11) is 0. The van der Waals surface area contributed by atoms with Gasteiger partial charge in [-0.3, -0.25) is 0 Å². The van der Waals surface area contributed by atoms with Gasteiger partial charge in [0.15, 0.2) is 0 Å². The van der Waals surface area contributed by atoms with Crippen LogP contribution >= 0.6 is 25.3 Å². The molecule has 0 N–H and O–H groups in total. The average Bonchev–Trinajstić information content (AvgIpc) is 2.20. The average molecular weight is 287 g/mol. The third-order valence-electron chi connectivity index (χ3n) is 2.98. The van der Waals surface area contributed by atoms with Crippen LogP contribution in [0.1, 0.15) is 65.2 Å². The monoisotopic (exact) mass is 286 g/mol. The minimum atomic E-state index is 0.448. The highest BCUT2D eigenvalue weighted by molar-refractivity contribution is 7.81. The molecule has 0 aliphatic rings. The van der Waals surface area contributed by atoms with E-state index >= 15 is 0 Å². The van der Waals surface area contributed by atoms with Crippen molar-refractivity contribution < 1.29 is 0 Å². The van der Waals surface area contributed by atoms with Gasteiger partial charge in [0.2, 0.25) is 0 Å². The standard InChI is InChI=1S/C16H30S2/c1-13(11-15(3)17)9-7-5-6-8-10-14(2)12-16(4)18/h15-18H,1-2,5-12H2,3-4H3. The van der Waals surface area contributed by atoms with E-state index in [0.29, 0.717) is 10.5 Å². The van der Waals surface area contributed by atoms with Gasteiger partial charge in [0.25, 0.3) is 0 Å². The lowest BCUT2D eigenvalue weighted by atomic mass is 10.0. The van der Waals surface area contributed by atoms with E-state index in [1.54, 1.807) is 0 Å². The van der Waals surface area contributed by atoms with Crippen LogP contribution in [-0.4, -0.2) is 10.5 Å². The quantitative estimate of drug-likeness (QED) is 0.265. The number of hydrogen-bond donors (Lipinski definition) is 2. The van der Waals surface area contributed by atoms with Crippen LogP contribution in [0.5, 0.6) is 0 Å². The van der Waals surface area contributed by atoms with Crippen LogP contribution in [0, 0.1) is 0 Å². The molecule has 0 aromatic heterocycles. The van der Waals surface area contributed by atoms with Crippen molar-refractivity contribution >= 4 is 25.3 Å². The fraction of sp³-hybridized carbons (Fsp3) is 0.750. The number of hydrogen-bond acceptors (Lipinski definition) is 2. The second-order valence-electron chi connectivity index (χ2n) is 5.52. The van der Waals surface area contributed by atoms with E-state index in [9.17, 15) is 0 Å². The summed E-state index contributed by atoms with van der Waals surface area (Å²) in [5, 5.41) is 0.896. The molecule has 0 rings (SSSR count). The molecule has 0 amide bonds. The first-order valence-corrected chi connectivity index (χ1v) is 8.14. The molecule has 0 aromatic carbocycles. The summed E-state index contributed by atoms with van der Waals surface area (Å²) in [6, 6.07) is 0. The fourth-order valence-corrected chi connectivity index (χ4v) is 2.66. The minimum Gasteiger partial charge on any atom is -0.176 e. The molecule has 0 saturated heterocycles. The third-order valence-corrected chi connectivity index (χ3v) is 3.34. The van der Waals surface area contributed by atoms with Crippen LogP contribution < -0.4 is 0 Å². The molecule has 0 aliphatic carbocycles. The Bertz CT molecular complexity index is 215. The lowest BCUT2D eigenvalue weighted by Crippen LogP contribution is -1.94. The third kappa shape index (κ3) is 12.6. The second-order valence-corrected chi connectivity index (χ2v) is 7.28. The maximum atomic E-state index is 4.39. The molecule has 0 aliphatic heterocycles. The first kappa shape index (κ1) is 18.2. The summed E-state index contributed by atoms with van der Waals surface area (Å²) in [5.41, 5.74) is 2.71. The highest BCUT2D eigenvalue weighted by Crippen LogP contribution is 2.18. The molecule has 0 aromatic rings. The van der Waals surface area contributed by atoms with Crippen molar-refractivity contribution in [2.45, 2.75) is 75.7 Å². The Morgan fingerprint density at radius 3 is 1.39 bits per heavy atom. The maximum absolute atomic E-state index is 4.39. The Morgan fingerprint density at radius 2 is 1.11 bits per heavy atom. The van der Waals surface area contributed by atoms with Gasteiger partial charge in [-0.25, -0.2) is 0 Å². The topological polar surface area (TPSA) is 0 Å². The van der Waals surface area contributed by atoms with E-state index in [0.717, 1.165) is 12.8 Å². The largest absolute Gasteiger partial charge is 0.176 e. The van der Waals surface area contributed by atoms with E-state index in [1.807, 2.05) is 0 Å². The van der Waals surface area contributed by atoms with Gasteiger partial charge >= 0.3 is 0 Å². The normalized spacial score (nSPS) is 14.2. The Labute approximate surface area is 125 Å². The predicted molar refractivity (Wildman–Crippen MR) is 92.1 cm³/mol. The van der Waals surface area contributed by atoms with Crippen LogP contribution in [-0.2, 0) is 0 Å². The van der Waals surface area contributed by atoms with Crippen LogP contribution in [0.3, 0.4) is 0 Å². The number of allylic oxidation sites excluding steroid dienone is 2. The predicted octanol–water partition coefficient (Wildman–Crippen LogP) is 5.86. The zero-order valence-electron chi connectivity index (χ0n) is 12.1. The first-order valence-electron chi connectivity index (χ1n) is 7.11. The van der Waals surface area contributed by atoms with Crippen molar-refractivity contribution in [3.8, 4) is 0 Å². The van der Waals surface area contributed by atoms with Gasteiger partial charge in [0, 0.05) is 10.5 Å². The van der Waals surface area contributed by atoms with E-state index in [4.69, 9.17) is 0 Å². The van der Waals surface area contributed by atoms with Gasteiger partial charge in [-0.15, -0.1) is 0 Å². The van der Waals surface area contributed by atoms with Crippen molar-refractivity contribution in [1.29, 1.82) is 0 Å². The van der Waals surface area contributed by atoms with E-state index in [2.05, 4.69) is 52.3 Å². The Morgan fingerprint density at radius 1 is 0.778 bits per heavy atom. The molecule has 0 radical (unpaired) electrons. The molecular formula is C16H30S2. The van der Waals surface area contributed by atoms with Crippen LogP contribution in [0.2, 0.25) is 0 Å². The van der Waals surface area contributed by atoms with Gasteiger partial charge < -0.3 is 0 Å². The molecular weight excluding hydrogens is 256 g/mol. The fourth-order valence-electron chi connectivity index (χ4n) is 2.14. The van der Waals surface area contributed by atoms with Crippen LogP contribution in [0.4, 0.5) is 0 Å². The Hall–Kier alpha value is 0.180. The smallest absolute Gasteiger partial charge is 0.00255 e. The number of rotatable bonds is 11. The molecule has 0 saturated carbocycles. The van der Waals surface area contributed by atoms with Crippen molar-refractivity contribution in [3.63, 3.8) is 0 Å². The van der Waals surface area contributed by atoms with Gasteiger partial charge in [0.05, 0.1) is 0 Å². The van der Waals surface area contributed by atoms with Gasteiger partial charge in [-0.1, -0.05) is 51.0 Å². The molecule has 2 heteroatoms. The SMILES string of the molecule is C=C(CCCCCCC(=C)CC(C)S)CC(C)S. The second kappa shape index (κ2) is 11.0. The summed E-state index contributed by atoms with van der Waals surface area (Å²) in [6.45, 7) is 12.5. The summed E-state index contributed by atoms with van der Waals surface area (Å²) in [6.07, 6.45) is 9.61. The Kier molecular flexibility index (Phi) is 11.2. The lowest BCUT2D eigenvalue weighted by Gasteiger charge is -2.09. The molecule has 106 valence electrons. The number of unbranched alkanes of at least 4 members (excludes halogenated alkanes) is 3. The first-order chi connectivity index (χ1) is 8.41. The molecule has 0 nitrogen and oxygen atoms in total. The summed E-state index contributed by atoms with van der Waals surface area (Å²) in [5.74, 6) is 0. The minimum absolute atomic E-state index is 0.448. The summed E-state index contributed by atoms with van der Waals surface area (Å²) < 4.78 is 0. The van der Waals surface area contributed by atoms with Crippen molar-refractivity contribution in [2.75, 3.05) is 0 Å². The van der Waals surface area contributed by atoms with Gasteiger partial charge in [-0.2, -0.15) is 25.3 Å². The highest BCUT2D eigenvalue weighted by Gasteiger charge is 2.01. The van der Waals surface area contributed by atoms with Crippen LogP contribution in [0.25, 0.3) is 0 Å². The highest BCUT2D eigenvalue weighted by atomic mass is 32.1. The maximum Gasteiger partial charge on any atom is 0.00255 e. The molecule has 0 spiro atoms. The zero-order chi connectivity index (χ0) is 14.0. The van der Waals surface area contributed by atoms with Crippen molar-refractivity contribution in [1.82, 2.24) is 0 Å². The molecule has 2 unspecified atom stereocenters. The lowest BCUT2D eigenvalue weighted by molar-refractivity contribution is 0.624. The molecule has 0 fully saturated rings. The summed E-state index contributed by atoms with van der Waals surface area (Å²) in [4.78, 5) is 0. The zero-order valence-corrected chi connectivity index (χ0v) is 13.9. The van der Waals surface area contributed by atoms with E-state index in [-0.39, 0.29) is 0 Å². The van der Waals surface area contributed by atoms with Gasteiger partial charge in [-0.05, 0) is 38.5 Å². The molecule has 0 heterocycles. The molecule has 18 heavy (non-hydrogen) atoms. The molecule has 0 bridgehead atoms. The van der Waals surface area contributed by atoms with E-state index in [1.165, 1.54) is 49.7 Å². The van der Waals surface area contributed by atoms with Crippen molar-refractivity contribution in [2.24, 2.45) is 0 Å². The molecule has 2 atom stereocenters. The van der Waals surface area contributed by atoms with Gasteiger partial charge in [0.1, 0.15) is 0 Å².